The fourth-order valence-corrected chi connectivity index (χ4v) is 3.14. The van der Waals surface area contributed by atoms with Crippen LogP contribution in [0.2, 0.25) is 0 Å². The van der Waals surface area contributed by atoms with Crippen LogP contribution in [0.15, 0.2) is 54.6 Å². The van der Waals surface area contributed by atoms with Gasteiger partial charge >= 0.3 is 18.0 Å². The van der Waals surface area contributed by atoms with Crippen LogP contribution in [-0.2, 0) is 36.8 Å². The Hall–Kier alpha value is -3.39. The molecule has 2 atom stereocenters. The Morgan fingerprint density at radius 2 is 1.62 bits per heavy atom. The van der Waals surface area contributed by atoms with E-state index < -0.39 is 29.6 Å². The molecule has 0 aliphatic heterocycles. The first-order valence-electron chi connectivity index (χ1n) is 11.2. The van der Waals surface area contributed by atoms with Crippen molar-refractivity contribution in [3.8, 4) is 0 Å². The lowest BCUT2D eigenvalue weighted by molar-refractivity contribution is -0.158. The lowest BCUT2D eigenvalue weighted by atomic mass is 9.96. The molecular weight excluding hydrogens is 438 g/mol. The van der Waals surface area contributed by atoms with Gasteiger partial charge in [0.1, 0.15) is 24.2 Å². The molecule has 0 spiro atoms. The second kappa shape index (κ2) is 12.7. The molecule has 1 unspecified atom stereocenters. The Balaban J connectivity index is 2.02. The van der Waals surface area contributed by atoms with Gasteiger partial charge in [-0.2, -0.15) is 0 Å². The molecule has 0 radical (unpaired) electrons. The highest BCUT2D eigenvalue weighted by molar-refractivity contribution is 5.80. The van der Waals surface area contributed by atoms with Gasteiger partial charge in [0.05, 0.1) is 6.61 Å². The molecule has 2 aromatic carbocycles. The summed E-state index contributed by atoms with van der Waals surface area (Å²) in [5, 5.41) is 11.9. The first-order valence-corrected chi connectivity index (χ1v) is 11.2. The van der Waals surface area contributed by atoms with E-state index in [0.29, 0.717) is 17.7 Å². The van der Waals surface area contributed by atoms with Gasteiger partial charge < -0.3 is 24.6 Å². The maximum absolute atomic E-state index is 12.7. The monoisotopic (exact) mass is 471 g/mol. The third-order valence-electron chi connectivity index (χ3n) is 4.80. The first-order chi connectivity index (χ1) is 16.1. The van der Waals surface area contributed by atoms with Crippen LogP contribution < -0.4 is 5.32 Å². The summed E-state index contributed by atoms with van der Waals surface area (Å²) in [6, 6.07) is 14.9. The molecule has 0 saturated carbocycles. The number of carbonyl (C=O) groups excluding carboxylic acids is 2. The van der Waals surface area contributed by atoms with E-state index in [2.05, 4.69) is 5.32 Å². The molecule has 8 heteroatoms. The smallest absolute Gasteiger partial charge is 0.408 e. The lowest BCUT2D eigenvalue weighted by Gasteiger charge is -2.24. The number of hydrogen-bond donors (Lipinski definition) is 2. The summed E-state index contributed by atoms with van der Waals surface area (Å²) < 4.78 is 16.1. The molecule has 0 fully saturated rings. The Kier molecular flexibility index (Phi) is 10.1. The minimum Gasteiger partial charge on any atom is -0.480 e. The van der Waals surface area contributed by atoms with E-state index in [9.17, 15) is 19.5 Å². The van der Waals surface area contributed by atoms with E-state index in [4.69, 9.17) is 14.2 Å². The number of alkyl carbamates (subject to hydrolysis) is 1. The second-order valence-electron chi connectivity index (χ2n) is 8.79. The van der Waals surface area contributed by atoms with E-state index in [0.717, 1.165) is 5.56 Å². The fraction of sp³-hybridized carbons (Fsp3) is 0.423. The molecule has 2 aromatic rings. The van der Waals surface area contributed by atoms with Crippen molar-refractivity contribution in [1.82, 2.24) is 5.32 Å². The number of esters is 1. The summed E-state index contributed by atoms with van der Waals surface area (Å²) in [7, 11) is 0. The number of aliphatic carboxylic acids is 1. The van der Waals surface area contributed by atoms with E-state index in [1.165, 1.54) is 0 Å². The van der Waals surface area contributed by atoms with Crippen molar-refractivity contribution in [2.75, 3.05) is 13.2 Å². The molecule has 0 heterocycles. The van der Waals surface area contributed by atoms with Crippen LogP contribution in [0.1, 0.15) is 50.3 Å². The molecule has 0 aliphatic carbocycles. The van der Waals surface area contributed by atoms with Crippen LogP contribution in [0.5, 0.6) is 0 Å². The number of rotatable bonds is 11. The van der Waals surface area contributed by atoms with Gasteiger partial charge in [-0.05, 0) is 44.4 Å². The van der Waals surface area contributed by atoms with Crippen molar-refractivity contribution in [2.45, 2.75) is 58.3 Å². The normalized spacial score (nSPS) is 12.9. The molecule has 1 amide bonds. The van der Waals surface area contributed by atoms with Crippen LogP contribution in [0.3, 0.4) is 0 Å². The van der Waals surface area contributed by atoms with Crippen molar-refractivity contribution in [3.05, 3.63) is 71.3 Å². The molecule has 184 valence electrons. The molecule has 34 heavy (non-hydrogen) atoms. The van der Waals surface area contributed by atoms with Gasteiger partial charge in [-0.1, -0.05) is 54.6 Å². The van der Waals surface area contributed by atoms with Gasteiger partial charge in [-0.15, -0.1) is 0 Å². The SMILES string of the molecule is CCOCC(C(=O)OC(C)(C)C)c1ccc(C[C@H](NC(=O)OCc2ccccc2)C(=O)O)cc1. The summed E-state index contributed by atoms with van der Waals surface area (Å²) in [6.45, 7) is 7.93. The number of hydrogen-bond acceptors (Lipinski definition) is 6. The van der Waals surface area contributed by atoms with Crippen molar-refractivity contribution < 1.29 is 33.7 Å². The number of ether oxygens (including phenoxy) is 3. The summed E-state index contributed by atoms with van der Waals surface area (Å²) in [6.07, 6.45) is -0.756. The summed E-state index contributed by atoms with van der Waals surface area (Å²) >= 11 is 0. The first kappa shape index (κ1) is 26.9. The molecule has 8 nitrogen and oxygen atoms in total. The molecular formula is C26H33NO7. The van der Waals surface area contributed by atoms with Gasteiger partial charge in [0, 0.05) is 13.0 Å². The number of amides is 1. The van der Waals surface area contributed by atoms with Crippen LogP contribution in [-0.4, -0.2) is 48.0 Å². The molecule has 2 N–H and O–H groups in total. The van der Waals surface area contributed by atoms with Crippen LogP contribution in [0.25, 0.3) is 0 Å². The second-order valence-corrected chi connectivity index (χ2v) is 8.79. The number of carbonyl (C=O) groups is 3. The number of carboxylic acids is 1. The lowest BCUT2D eigenvalue weighted by Crippen LogP contribution is -2.42. The predicted octanol–water partition coefficient (Wildman–Crippen LogP) is 4.07. The Morgan fingerprint density at radius 1 is 0.971 bits per heavy atom. The Labute approximate surface area is 200 Å². The zero-order valence-corrected chi connectivity index (χ0v) is 20.1. The maximum atomic E-state index is 12.7. The van der Waals surface area contributed by atoms with Gasteiger partial charge in [0.15, 0.2) is 0 Å². The van der Waals surface area contributed by atoms with E-state index >= 15 is 0 Å². The number of benzene rings is 2. The molecule has 0 aromatic heterocycles. The van der Waals surface area contributed by atoms with E-state index in [1.807, 2.05) is 25.1 Å². The van der Waals surface area contributed by atoms with Gasteiger partial charge in [0.25, 0.3) is 0 Å². The summed E-state index contributed by atoms with van der Waals surface area (Å²) in [5.74, 6) is -2.17. The fourth-order valence-electron chi connectivity index (χ4n) is 3.14. The van der Waals surface area contributed by atoms with Crippen molar-refractivity contribution in [2.24, 2.45) is 0 Å². The topological polar surface area (TPSA) is 111 Å². The van der Waals surface area contributed by atoms with Crippen molar-refractivity contribution >= 4 is 18.0 Å². The third kappa shape index (κ3) is 9.23. The third-order valence-corrected chi connectivity index (χ3v) is 4.80. The van der Waals surface area contributed by atoms with Gasteiger partial charge in [-0.25, -0.2) is 9.59 Å². The zero-order chi connectivity index (χ0) is 25.1. The molecule has 0 aliphatic rings. The Bertz CT molecular complexity index is 936. The van der Waals surface area contributed by atoms with Crippen LogP contribution in [0.4, 0.5) is 4.79 Å². The maximum Gasteiger partial charge on any atom is 0.408 e. The Morgan fingerprint density at radius 3 is 2.18 bits per heavy atom. The average molecular weight is 472 g/mol. The molecule has 2 rings (SSSR count). The zero-order valence-electron chi connectivity index (χ0n) is 20.1. The highest BCUT2D eigenvalue weighted by Crippen LogP contribution is 2.22. The van der Waals surface area contributed by atoms with Crippen molar-refractivity contribution in [3.63, 3.8) is 0 Å². The van der Waals surface area contributed by atoms with Crippen LogP contribution >= 0.6 is 0 Å². The molecule has 0 bridgehead atoms. The highest BCUT2D eigenvalue weighted by Gasteiger charge is 2.27. The number of nitrogens with one attached hydrogen (secondary N) is 1. The van der Waals surface area contributed by atoms with E-state index in [-0.39, 0.29) is 25.6 Å². The minimum atomic E-state index is -1.18. The standard InChI is InChI=1S/C26H33NO7/c1-5-32-17-21(24(30)34-26(2,3)4)20-13-11-18(12-14-20)15-22(23(28)29)27-25(31)33-16-19-9-7-6-8-10-19/h6-14,21-22H,5,15-17H2,1-4H3,(H,27,31)(H,28,29)/t21?,22-/m0/s1. The number of carboxylic acid groups (broad SMARTS) is 1. The van der Waals surface area contributed by atoms with Gasteiger partial charge in [0.2, 0.25) is 0 Å². The van der Waals surface area contributed by atoms with Gasteiger partial charge in [-0.3, -0.25) is 4.79 Å². The summed E-state index contributed by atoms with van der Waals surface area (Å²) in [5.41, 5.74) is 1.55. The highest BCUT2D eigenvalue weighted by atomic mass is 16.6. The minimum absolute atomic E-state index is 0.0413. The predicted molar refractivity (Wildman–Crippen MR) is 126 cm³/mol. The van der Waals surface area contributed by atoms with E-state index in [1.54, 1.807) is 57.2 Å². The van der Waals surface area contributed by atoms with Crippen molar-refractivity contribution in [1.29, 1.82) is 0 Å². The quantitative estimate of drug-likeness (QED) is 0.475. The molecule has 0 saturated heterocycles. The van der Waals surface area contributed by atoms with Crippen LogP contribution in [0, 0.1) is 0 Å². The summed E-state index contributed by atoms with van der Waals surface area (Å²) in [4.78, 5) is 36.4. The average Bonchev–Trinajstić information content (AvgIpc) is 2.78. The largest absolute Gasteiger partial charge is 0.480 e.